The summed E-state index contributed by atoms with van der Waals surface area (Å²) < 4.78 is 2.60. The van der Waals surface area contributed by atoms with Crippen LogP contribution in [-0.2, 0) is 12.8 Å². The number of anilines is 1. The van der Waals surface area contributed by atoms with Crippen molar-refractivity contribution in [3.63, 3.8) is 0 Å². The molecule has 6 rings (SSSR count). The summed E-state index contributed by atoms with van der Waals surface area (Å²) in [6.07, 6.45) is 7.14. The Bertz CT molecular complexity index is 1040. The van der Waals surface area contributed by atoms with Crippen molar-refractivity contribution in [2.45, 2.75) is 57.5 Å². The van der Waals surface area contributed by atoms with E-state index < -0.39 is 0 Å². The quantitative estimate of drug-likeness (QED) is 0.686. The molecule has 0 unspecified atom stereocenters. The summed E-state index contributed by atoms with van der Waals surface area (Å²) in [6, 6.07) is 16.6. The highest BCUT2D eigenvalue weighted by molar-refractivity contribution is 5.86. The van der Waals surface area contributed by atoms with Gasteiger partial charge in [0.15, 0.2) is 0 Å². The molecular weight excluding hydrogens is 356 g/mol. The summed E-state index contributed by atoms with van der Waals surface area (Å²) in [5.74, 6) is 1.24. The van der Waals surface area contributed by atoms with Gasteiger partial charge < -0.3 is 15.2 Å². The maximum Gasteiger partial charge on any atom is 0.114 e. The van der Waals surface area contributed by atoms with Crippen molar-refractivity contribution in [3.8, 4) is 0 Å². The molecule has 3 aliphatic rings. The zero-order valence-corrected chi connectivity index (χ0v) is 17.2. The molecular formula is C25H30N4. The standard InChI is InChI=1S/C25H30N4/c1-17-7-8-20-21(27-17)9-10-22-24(20)28-23(13-18-5-3-2-4-6-18)29(22)19-14-25(15-19)11-12-26-16-25/h2-6,9-10,17,19,26-27H,7-8,11-16H2,1H3/t17-,19?,25?/m0/s1. The van der Waals surface area contributed by atoms with Gasteiger partial charge >= 0.3 is 0 Å². The van der Waals surface area contributed by atoms with Crippen molar-refractivity contribution >= 4 is 16.7 Å². The Hall–Kier alpha value is -2.33. The zero-order valence-electron chi connectivity index (χ0n) is 17.2. The fraction of sp³-hybridized carbons (Fsp3) is 0.480. The fourth-order valence-electron chi connectivity index (χ4n) is 5.93. The Morgan fingerprint density at radius 1 is 1.14 bits per heavy atom. The van der Waals surface area contributed by atoms with Gasteiger partial charge in [-0.05, 0) is 68.7 Å². The monoisotopic (exact) mass is 386 g/mol. The normalized spacial score (nSPS) is 28.3. The molecule has 1 aromatic heterocycles. The third-order valence-electron chi connectivity index (χ3n) is 7.51. The largest absolute Gasteiger partial charge is 0.382 e. The van der Waals surface area contributed by atoms with Gasteiger partial charge in [-0.15, -0.1) is 0 Å². The smallest absolute Gasteiger partial charge is 0.114 e. The lowest BCUT2D eigenvalue weighted by Crippen LogP contribution is -2.40. The van der Waals surface area contributed by atoms with E-state index >= 15 is 0 Å². The van der Waals surface area contributed by atoms with E-state index in [0.29, 0.717) is 17.5 Å². The lowest BCUT2D eigenvalue weighted by Gasteiger charge is -2.46. The molecule has 4 nitrogen and oxygen atoms in total. The molecule has 1 saturated carbocycles. The van der Waals surface area contributed by atoms with Gasteiger partial charge in [0.1, 0.15) is 5.82 Å². The minimum atomic E-state index is 0.538. The molecule has 1 aliphatic carbocycles. The van der Waals surface area contributed by atoms with E-state index in [1.165, 1.54) is 72.4 Å². The molecule has 29 heavy (non-hydrogen) atoms. The van der Waals surface area contributed by atoms with E-state index in [4.69, 9.17) is 4.98 Å². The van der Waals surface area contributed by atoms with Crippen LogP contribution in [0.3, 0.4) is 0 Å². The maximum atomic E-state index is 5.27. The Morgan fingerprint density at radius 3 is 2.79 bits per heavy atom. The summed E-state index contributed by atoms with van der Waals surface area (Å²) >= 11 is 0. The van der Waals surface area contributed by atoms with E-state index in [9.17, 15) is 0 Å². The van der Waals surface area contributed by atoms with Crippen LogP contribution in [0.4, 0.5) is 5.69 Å². The second-order valence-corrected chi connectivity index (χ2v) is 9.59. The highest BCUT2D eigenvalue weighted by Crippen LogP contribution is 2.53. The number of rotatable bonds is 3. The second-order valence-electron chi connectivity index (χ2n) is 9.59. The number of benzene rings is 2. The van der Waals surface area contributed by atoms with Crippen molar-refractivity contribution < 1.29 is 0 Å². The van der Waals surface area contributed by atoms with E-state index in [-0.39, 0.29) is 0 Å². The van der Waals surface area contributed by atoms with Crippen LogP contribution in [0.2, 0.25) is 0 Å². The van der Waals surface area contributed by atoms with Crippen LogP contribution in [-0.4, -0.2) is 28.7 Å². The highest BCUT2D eigenvalue weighted by Gasteiger charge is 2.47. The number of nitrogens with one attached hydrogen (secondary N) is 2. The first-order valence-electron chi connectivity index (χ1n) is 11.2. The van der Waals surface area contributed by atoms with Crippen molar-refractivity contribution in [2.75, 3.05) is 18.4 Å². The van der Waals surface area contributed by atoms with Crippen molar-refractivity contribution in [1.82, 2.24) is 14.9 Å². The Labute approximate surface area is 172 Å². The molecule has 2 aliphatic heterocycles. The molecule has 2 N–H and O–H groups in total. The Balaban J connectivity index is 1.44. The summed E-state index contributed by atoms with van der Waals surface area (Å²) in [4.78, 5) is 5.27. The summed E-state index contributed by atoms with van der Waals surface area (Å²) in [7, 11) is 0. The molecule has 150 valence electrons. The fourth-order valence-corrected chi connectivity index (χ4v) is 5.93. The molecule has 0 radical (unpaired) electrons. The SMILES string of the molecule is C[C@H]1CCc2c(ccc3c2nc(Cc2ccccc2)n3C2CC3(CCNC3)C2)N1. The third kappa shape index (κ3) is 2.88. The number of aryl methyl sites for hydroxylation is 1. The van der Waals surface area contributed by atoms with Gasteiger partial charge in [-0.2, -0.15) is 0 Å². The van der Waals surface area contributed by atoms with Crippen LogP contribution in [0.1, 0.15) is 55.6 Å². The first-order chi connectivity index (χ1) is 14.2. The molecule has 0 bridgehead atoms. The first-order valence-corrected chi connectivity index (χ1v) is 11.2. The summed E-state index contributed by atoms with van der Waals surface area (Å²) in [5, 5.41) is 7.25. The number of imidazole rings is 1. The number of aromatic nitrogens is 2. The molecule has 1 atom stereocenters. The average Bonchev–Trinajstić information content (AvgIpc) is 3.32. The van der Waals surface area contributed by atoms with Crippen molar-refractivity contribution in [2.24, 2.45) is 5.41 Å². The summed E-state index contributed by atoms with van der Waals surface area (Å²) in [5.41, 5.74) is 7.18. The average molecular weight is 387 g/mol. The van der Waals surface area contributed by atoms with Crippen LogP contribution in [0, 0.1) is 5.41 Å². The number of fused-ring (bicyclic) bond motifs is 3. The van der Waals surface area contributed by atoms with E-state index in [1.807, 2.05) is 0 Å². The molecule has 0 amide bonds. The minimum absolute atomic E-state index is 0.538. The molecule has 2 aromatic carbocycles. The van der Waals surface area contributed by atoms with Gasteiger partial charge in [0.2, 0.25) is 0 Å². The van der Waals surface area contributed by atoms with E-state index in [2.05, 4.69) is 64.6 Å². The minimum Gasteiger partial charge on any atom is -0.382 e. The van der Waals surface area contributed by atoms with E-state index in [1.54, 1.807) is 0 Å². The van der Waals surface area contributed by atoms with Gasteiger partial charge in [-0.3, -0.25) is 0 Å². The van der Waals surface area contributed by atoms with Gasteiger partial charge in [-0.1, -0.05) is 30.3 Å². The van der Waals surface area contributed by atoms with Crippen LogP contribution in [0.15, 0.2) is 42.5 Å². The number of hydrogen-bond acceptors (Lipinski definition) is 3. The van der Waals surface area contributed by atoms with Gasteiger partial charge in [0.25, 0.3) is 0 Å². The van der Waals surface area contributed by atoms with Crippen LogP contribution < -0.4 is 10.6 Å². The Morgan fingerprint density at radius 2 is 2.00 bits per heavy atom. The van der Waals surface area contributed by atoms with Crippen LogP contribution in [0.25, 0.3) is 11.0 Å². The van der Waals surface area contributed by atoms with Gasteiger partial charge in [-0.25, -0.2) is 4.98 Å². The first kappa shape index (κ1) is 17.5. The highest BCUT2D eigenvalue weighted by atomic mass is 15.1. The lowest BCUT2D eigenvalue weighted by molar-refractivity contribution is 0.0849. The summed E-state index contributed by atoms with van der Waals surface area (Å²) in [6.45, 7) is 4.66. The zero-order chi connectivity index (χ0) is 19.4. The predicted molar refractivity (Wildman–Crippen MR) is 119 cm³/mol. The number of hydrogen-bond donors (Lipinski definition) is 2. The van der Waals surface area contributed by atoms with E-state index in [0.717, 1.165) is 12.8 Å². The predicted octanol–water partition coefficient (Wildman–Crippen LogP) is 4.69. The Kier molecular flexibility index (Phi) is 3.98. The van der Waals surface area contributed by atoms with Crippen LogP contribution in [0.5, 0.6) is 0 Å². The molecule has 1 spiro atoms. The third-order valence-corrected chi connectivity index (χ3v) is 7.51. The molecule has 3 heterocycles. The van der Waals surface area contributed by atoms with Crippen molar-refractivity contribution in [1.29, 1.82) is 0 Å². The molecule has 1 saturated heterocycles. The maximum absolute atomic E-state index is 5.27. The molecule has 3 aromatic rings. The van der Waals surface area contributed by atoms with Gasteiger partial charge in [0, 0.05) is 36.3 Å². The molecule has 4 heteroatoms. The van der Waals surface area contributed by atoms with Crippen LogP contribution >= 0.6 is 0 Å². The topological polar surface area (TPSA) is 41.9 Å². The number of nitrogens with zero attached hydrogens (tertiary/aromatic N) is 2. The lowest BCUT2D eigenvalue weighted by atomic mass is 9.65. The van der Waals surface area contributed by atoms with Crippen molar-refractivity contribution in [3.05, 3.63) is 59.4 Å². The molecule has 2 fully saturated rings. The van der Waals surface area contributed by atoms with Gasteiger partial charge in [0.05, 0.1) is 11.0 Å². The second kappa shape index (κ2) is 6.60.